The summed E-state index contributed by atoms with van der Waals surface area (Å²) in [6, 6.07) is 11.8. The summed E-state index contributed by atoms with van der Waals surface area (Å²) in [4.78, 5) is 25.7. The topological polar surface area (TPSA) is 88.2 Å². The highest BCUT2D eigenvalue weighted by Gasteiger charge is 2.21. The number of benzene rings is 1. The van der Waals surface area contributed by atoms with E-state index in [-0.39, 0.29) is 18.9 Å². The van der Waals surface area contributed by atoms with Gasteiger partial charge >= 0.3 is 5.97 Å². The Hall–Kier alpha value is -3.14. The van der Waals surface area contributed by atoms with Gasteiger partial charge in [-0.25, -0.2) is 4.79 Å². The number of aromatic nitrogens is 2. The van der Waals surface area contributed by atoms with Crippen LogP contribution < -0.4 is 0 Å². The zero-order chi connectivity index (χ0) is 19.1. The molecule has 2 rings (SSSR count). The van der Waals surface area contributed by atoms with E-state index >= 15 is 0 Å². The van der Waals surface area contributed by atoms with Crippen LogP contribution in [0, 0.1) is 25.2 Å². The monoisotopic (exact) mass is 354 g/mol. The Morgan fingerprint density at radius 3 is 2.62 bits per heavy atom. The van der Waals surface area contributed by atoms with E-state index in [2.05, 4.69) is 5.10 Å². The molecule has 0 N–H and O–H groups in total. The lowest BCUT2D eigenvalue weighted by Gasteiger charge is -2.15. The number of nitriles is 1. The van der Waals surface area contributed by atoms with Gasteiger partial charge in [-0.1, -0.05) is 30.3 Å². The van der Waals surface area contributed by atoms with E-state index in [9.17, 15) is 9.59 Å². The largest absolute Gasteiger partial charge is 0.452 e. The highest BCUT2D eigenvalue weighted by molar-refractivity contribution is 5.93. The average molecular weight is 354 g/mol. The van der Waals surface area contributed by atoms with E-state index in [1.807, 2.05) is 36.4 Å². The molecule has 1 heterocycles. The summed E-state index contributed by atoms with van der Waals surface area (Å²) < 4.78 is 6.90. The van der Waals surface area contributed by atoms with Gasteiger partial charge in [-0.2, -0.15) is 10.4 Å². The number of amides is 1. The number of hydrogen-bond acceptors (Lipinski definition) is 5. The summed E-state index contributed by atoms with van der Waals surface area (Å²) in [6.45, 7) is 4.05. The Bertz CT molecular complexity index is 821. The van der Waals surface area contributed by atoms with Gasteiger partial charge in [0.15, 0.2) is 6.61 Å². The maximum atomic E-state index is 12.4. The van der Waals surface area contributed by atoms with Crippen molar-refractivity contribution in [2.24, 2.45) is 0 Å². The molecule has 0 saturated heterocycles. The summed E-state index contributed by atoms with van der Waals surface area (Å²) in [6.07, 6.45) is 0.237. The summed E-state index contributed by atoms with van der Waals surface area (Å²) >= 11 is 0. The van der Waals surface area contributed by atoms with Crippen LogP contribution in [0.15, 0.2) is 30.3 Å². The lowest BCUT2D eigenvalue weighted by Crippen LogP contribution is -2.32. The second-order valence-electron chi connectivity index (χ2n) is 5.99. The van der Waals surface area contributed by atoms with Crippen LogP contribution in [-0.2, 0) is 16.1 Å². The fourth-order valence-corrected chi connectivity index (χ4v) is 2.55. The Balaban J connectivity index is 2.03. The number of carbonyl (C=O) groups excluding carboxylic acids is 2. The number of likely N-dealkylation sites (N-methyl/N-ethyl adjacent to an activating group) is 1. The van der Waals surface area contributed by atoms with E-state index in [0.29, 0.717) is 30.0 Å². The highest BCUT2D eigenvalue weighted by Crippen LogP contribution is 2.16. The van der Waals surface area contributed by atoms with Crippen LogP contribution in [0.1, 0.15) is 33.7 Å². The zero-order valence-electron chi connectivity index (χ0n) is 15.2. The van der Waals surface area contributed by atoms with Gasteiger partial charge < -0.3 is 9.64 Å². The second-order valence-corrected chi connectivity index (χ2v) is 5.99. The number of aryl methyl sites for hydroxylation is 1. The molecule has 0 radical (unpaired) electrons. The Labute approximate surface area is 152 Å². The van der Waals surface area contributed by atoms with Crippen LogP contribution >= 0.6 is 0 Å². The quantitative estimate of drug-likeness (QED) is 0.710. The van der Waals surface area contributed by atoms with Crippen molar-refractivity contribution < 1.29 is 14.3 Å². The number of hydrogen-bond donors (Lipinski definition) is 0. The zero-order valence-corrected chi connectivity index (χ0v) is 15.2. The van der Waals surface area contributed by atoms with Crippen LogP contribution in [0.3, 0.4) is 0 Å². The molecule has 0 spiro atoms. The second kappa shape index (κ2) is 8.81. The predicted molar refractivity (Wildman–Crippen MR) is 95.4 cm³/mol. The molecule has 26 heavy (non-hydrogen) atoms. The molecule has 1 aromatic carbocycles. The van der Waals surface area contributed by atoms with Gasteiger partial charge in [0.2, 0.25) is 0 Å². The predicted octanol–water partition coefficient (Wildman–Crippen LogP) is 2.08. The van der Waals surface area contributed by atoms with Crippen LogP contribution in [0.2, 0.25) is 0 Å². The third-order valence-electron chi connectivity index (χ3n) is 4.07. The molecule has 1 amide bonds. The molecule has 0 aliphatic rings. The van der Waals surface area contributed by atoms with Crippen LogP contribution in [-0.4, -0.2) is 46.8 Å². The Kier molecular flexibility index (Phi) is 6.50. The first kappa shape index (κ1) is 19.2. The van der Waals surface area contributed by atoms with E-state index in [1.54, 1.807) is 25.6 Å². The van der Waals surface area contributed by atoms with E-state index < -0.39 is 5.97 Å². The molecule has 0 atom stereocenters. The SMILES string of the molecule is Cc1nn(Cc2ccccc2)c(C)c1C(=O)OCC(=O)N(C)CCC#N. The molecule has 1 aromatic heterocycles. The van der Waals surface area contributed by atoms with Gasteiger partial charge in [0.1, 0.15) is 5.56 Å². The van der Waals surface area contributed by atoms with E-state index in [0.717, 1.165) is 5.56 Å². The van der Waals surface area contributed by atoms with Gasteiger partial charge in [0, 0.05) is 13.6 Å². The van der Waals surface area contributed by atoms with Crippen molar-refractivity contribution in [3.63, 3.8) is 0 Å². The molecule has 0 fully saturated rings. The molecular weight excluding hydrogens is 332 g/mol. The molecule has 0 aliphatic heterocycles. The summed E-state index contributed by atoms with van der Waals surface area (Å²) in [5.74, 6) is -0.915. The lowest BCUT2D eigenvalue weighted by molar-refractivity contribution is -0.133. The maximum Gasteiger partial charge on any atom is 0.342 e. The average Bonchev–Trinajstić information content (AvgIpc) is 2.91. The number of esters is 1. The molecule has 0 unspecified atom stereocenters. The Morgan fingerprint density at radius 2 is 1.96 bits per heavy atom. The van der Waals surface area contributed by atoms with Crippen molar-refractivity contribution in [2.45, 2.75) is 26.8 Å². The van der Waals surface area contributed by atoms with Gasteiger partial charge in [-0.15, -0.1) is 0 Å². The van der Waals surface area contributed by atoms with Crippen LogP contribution in [0.4, 0.5) is 0 Å². The first-order valence-electron chi connectivity index (χ1n) is 8.30. The first-order valence-corrected chi connectivity index (χ1v) is 8.30. The van der Waals surface area contributed by atoms with Gasteiger partial charge in [-0.05, 0) is 19.4 Å². The van der Waals surface area contributed by atoms with Crippen LogP contribution in [0.25, 0.3) is 0 Å². The third kappa shape index (κ3) is 4.70. The Morgan fingerprint density at radius 1 is 1.27 bits per heavy atom. The number of ether oxygens (including phenoxy) is 1. The fourth-order valence-electron chi connectivity index (χ4n) is 2.55. The molecule has 136 valence electrons. The van der Waals surface area contributed by atoms with Crippen molar-refractivity contribution in [1.29, 1.82) is 5.26 Å². The van der Waals surface area contributed by atoms with E-state index in [1.165, 1.54) is 4.90 Å². The van der Waals surface area contributed by atoms with Crippen molar-refractivity contribution in [3.05, 3.63) is 52.8 Å². The third-order valence-corrected chi connectivity index (χ3v) is 4.07. The van der Waals surface area contributed by atoms with Crippen molar-refractivity contribution in [1.82, 2.24) is 14.7 Å². The summed E-state index contributed by atoms with van der Waals surface area (Å²) in [7, 11) is 1.57. The standard InChI is InChI=1S/C19H22N4O3/c1-14-18(19(25)26-13-17(24)22(3)11-7-10-20)15(2)23(21-14)12-16-8-5-4-6-9-16/h4-6,8-9H,7,11-13H2,1-3H3. The fraction of sp³-hybridized carbons (Fsp3) is 0.368. The molecule has 7 nitrogen and oxygen atoms in total. The van der Waals surface area contributed by atoms with Gasteiger partial charge in [-0.3, -0.25) is 9.48 Å². The molecule has 0 bridgehead atoms. The molecule has 2 aromatic rings. The van der Waals surface area contributed by atoms with Crippen molar-refractivity contribution in [3.8, 4) is 6.07 Å². The maximum absolute atomic E-state index is 12.4. The minimum Gasteiger partial charge on any atom is -0.452 e. The number of carbonyl (C=O) groups is 2. The summed E-state index contributed by atoms with van der Waals surface area (Å²) in [5, 5.41) is 13.0. The molecular formula is C19H22N4O3. The molecule has 7 heteroatoms. The van der Waals surface area contributed by atoms with Crippen LogP contribution in [0.5, 0.6) is 0 Å². The molecule has 0 aliphatic carbocycles. The van der Waals surface area contributed by atoms with Gasteiger partial charge in [0.05, 0.1) is 30.4 Å². The van der Waals surface area contributed by atoms with Gasteiger partial charge in [0.25, 0.3) is 5.91 Å². The first-order chi connectivity index (χ1) is 12.4. The van der Waals surface area contributed by atoms with E-state index in [4.69, 9.17) is 10.00 Å². The minimum absolute atomic E-state index is 0.237. The van der Waals surface area contributed by atoms with Crippen molar-refractivity contribution in [2.75, 3.05) is 20.2 Å². The molecule has 0 saturated carbocycles. The summed E-state index contributed by atoms with van der Waals surface area (Å²) in [5.41, 5.74) is 2.72. The van der Waals surface area contributed by atoms with Crippen molar-refractivity contribution >= 4 is 11.9 Å². The minimum atomic E-state index is -0.568. The smallest absolute Gasteiger partial charge is 0.342 e. The number of nitrogens with zero attached hydrogens (tertiary/aromatic N) is 4. The normalized spacial score (nSPS) is 10.2. The highest BCUT2D eigenvalue weighted by atomic mass is 16.5. The number of rotatable bonds is 7. The lowest BCUT2D eigenvalue weighted by atomic mass is 10.2.